The molecule has 0 spiro atoms. The fraction of sp³-hybridized carbons (Fsp3) is 0.579. The van der Waals surface area contributed by atoms with Crippen LogP contribution in [0.4, 0.5) is 23.7 Å². The van der Waals surface area contributed by atoms with Gasteiger partial charge in [-0.05, 0) is 56.7 Å². The highest BCUT2D eigenvalue weighted by Gasteiger charge is 2.35. The number of nitrogens with one attached hydrogen (secondary N) is 1. The van der Waals surface area contributed by atoms with Gasteiger partial charge in [0.25, 0.3) is 0 Å². The third kappa shape index (κ3) is 5.53. The second-order valence-electron chi connectivity index (χ2n) is 7.00. The number of ether oxygens (including phenoxy) is 1. The number of amides is 1. The summed E-state index contributed by atoms with van der Waals surface area (Å²) in [4.78, 5) is 24.2. The van der Waals surface area contributed by atoms with Crippen LogP contribution in [0.2, 0.25) is 0 Å². The van der Waals surface area contributed by atoms with Crippen LogP contribution in [0.15, 0.2) is 18.2 Å². The van der Waals surface area contributed by atoms with Gasteiger partial charge in [0, 0.05) is 24.8 Å². The van der Waals surface area contributed by atoms with Crippen molar-refractivity contribution in [1.82, 2.24) is 4.90 Å². The number of hydrogen-bond acceptors (Lipinski definition) is 4. The molecule has 1 atom stereocenters. The zero-order chi connectivity index (χ0) is 20.9. The van der Waals surface area contributed by atoms with Gasteiger partial charge >= 0.3 is 18.2 Å². The van der Waals surface area contributed by atoms with Gasteiger partial charge in [-0.15, -0.1) is 0 Å². The number of rotatable bonds is 4. The Labute approximate surface area is 161 Å². The Bertz CT molecular complexity index is 699. The summed E-state index contributed by atoms with van der Waals surface area (Å²) in [7, 11) is 1.17. The van der Waals surface area contributed by atoms with Gasteiger partial charge in [0.1, 0.15) is 0 Å². The van der Waals surface area contributed by atoms with E-state index < -0.39 is 23.8 Å². The number of halogens is 3. The van der Waals surface area contributed by atoms with E-state index in [1.807, 2.05) is 6.92 Å². The number of carbonyl (C=O) groups excluding carboxylic acids is 1. The zero-order valence-corrected chi connectivity index (χ0v) is 15.9. The van der Waals surface area contributed by atoms with E-state index in [2.05, 4.69) is 10.1 Å². The van der Waals surface area contributed by atoms with Crippen molar-refractivity contribution in [3.63, 3.8) is 0 Å². The van der Waals surface area contributed by atoms with Gasteiger partial charge in [0.2, 0.25) is 0 Å². The molecular formula is C19H25F3N2O4. The summed E-state index contributed by atoms with van der Waals surface area (Å²) in [6.07, 6.45) is -2.79. The maximum absolute atomic E-state index is 13.4. The first-order valence-electron chi connectivity index (χ1n) is 9.17. The monoisotopic (exact) mass is 402 g/mol. The number of methoxy groups -OCH3 is 1. The van der Waals surface area contributed by atoms with Crippen LogP contribution in [0.25, 0.3) is 0 Å². The molecule has 2 rings (SSSR count). The van der Waals surface area contributed by atoms with Gasteiger partial charge < -0.3 is 20.1 Å². The largest absolute Gasteiger partial charge is 0.465 e. The number of likely N-dealkylation sites (tertiary alicyclic amines) is 1. The predicted molar refractivity (Wildman–Crippen MR) is 97.4 cm³/mol. The number of hydrogen-bond donors (Lipinski definition) is 2. The van der Waals surface area contributed by atoms with Crippen molar-refractivity contribution in [1.29, 1.82) is 0 Å². The molecule has 0 bridgehead atoms. The molecule has 0 saturated carbocycles. The summed E-state index contributed by atoms with van der Waals surface area (Å²) in [5.74, 6) is -0.608. The minimum Gasteiger partial charge on any atom is -0.465 e. The molecule has 156 valence electrons. The van der Waals surface area contributed by atoms with Crippen molar-refractivity contribution in [3.05, 3.63) is 29.3 Å². The topological polar surface area (TPSA) is 78.9 Å². The molecule has 1 amide bonds. The minimum absolute atomic E-state index is 0.0416. The standard InChI is InChI=1S/C19H25F3N2O4/c1-12(13-5-3-9-24(18(26)27)10-4-6-13)23-16-11-14(17(25)28-2)7-8-15(16)19(20,21)22/h7-8,11-13,23H,3-6,9-10H2,1-2H3,(H,26,27)/t12-/m0/s1. The van der Waals surface area contributed by atoms with E-state index >= 15 is 0 Å². The van der Waals surface area contributed by atoms with Crippen LogP contribution in [0, 0.1) is 5.92 Å². The maximum Gasteiger partial charge on any atom is 0.418 e. The Balaban J connectivity index is 2.16. The highest BCUT2D eigenvalue weighted by molar-refractivity contribution is 5.90. The Morgan fingerprint density at radius 3 is 2.36 bits per heavy atom. The Morgan fingerprint density at radius 1 is 1.25 bits per heavy atom. The van der Waals surface area contributed by atoms with E-state index in [1.54, 1.807) is 0 Å². The lowest BCUT2D eigenvalue weighted by molar-refractivity contribution is -0.137. The number of alkyl halides is 3. The smallest absolute Gasteiger partial charge is 0.418 e. The molecule has 2 N–H and O–H groups in total. The average Bonchev–Trinajstić information content (AvgIpc) is 2.59. The number of nitrogens with zero attached hydrogens (tertiary/aromatic N) is 1. The highest BCUT2D eigenvalue weighted by atomic mass is 19.4. The van der Waals surface area contributed by atoms with E-state index in [1.165, 1.54) is 18.1 Å². The van der Waals surface area contributed by atoms with E-state index in [-0.39, 0.29) is 23.2 Å². The van der Waals surface area contributed by atoms with E-state index in [9.17, 15) is 22.8 Å². The fourth-order valence-corrected chi connectivity index (χ4v) is 3.55. The van der Waals surface area contributed by atoms with Crippen LogP contribution in [0.3, 0.4) is 0 Å². The van der Waals surface area contributed by atoms with Crippen molar-refractivity contribution >= 4 is 17.7 Å². The van der Waals surface area contributed by atoms with E-state index in [4.69, 9.17) is 5.11 Å². The van der Waals surface area contributed by atoms with Crippen LogP contribution in [-0.2, 0) is 10.9 Å². The van der Waals surface area contributed by atoms with Gasteiger partial charge in [-0.2, -0.15) is 13.2 Å². The second kappa shape index (κ2) is 9.16. The van der Waals surface area contributed by atoms with Gasteiger partial charge in [0.05, 0.1) is 18.2 Å². The maximum atomic E-state index is 13.4. The number of carboxylic acid groups (broad SMARTS) is 1. The number of anilines is 1. The van der Waals surface area contributed by atoms with Crippen molar-refractivity contribution < 1.29 is 32.6 Å². The molecular weight excluding hydrogens is 377 g/mol. The van der Waals surface area contributed by atoms with E-state index in [0.717, 1.165) is 12.1 Å². The molecule has 0 radical (unpaired) electrons. The summed E-state index contributed by atoms with van der Waals surface area (Å²) in [5, 5.41) is 12.0. The molecule has 28 heavy (non-hydrogen) atoms. The van der Waals surface area contributed by atoms with Crippen LogP contribution in [-0.4, -0.2) is 48.3 Å². The van der Waals surface area contributed by atoms with Crippen LogP contribution in [0.5, 0.6) is 0 Å². The quantitative estimate of drug-likeness (QED) is 0.727. The lowest BCUT2D eigenvalue weighted by Gasteiger charge is -2.31. The third-order valence-electron chi connectivity index (χ3n) is 5.11. The molecule has 1 aliphatic heterocycles. The molecule has 9 heteroatoms. The Morgan fingerprint density at radius 2 is 1.86 bits per heavy atom. The summed E-state index contributed by atoms with van der Waals surface area (Å²) in [6, 6.07) is 2.87. The fourth-order valence-electron chi connectivity index (χ4n) is 3.55. The summed E-state index contributed by atoms with van der Waals surface area (Å²) >= 11 is 0. The van der Waals surface area contributed by atoms with E-state index in [0.29, 0.717) is 38.8 Å². The molecule has 1 aromatic carbocycles. The average molecular weight is 402 g/mol. The number of esters is 1. The van der Waals surface area contributed by atoms with Crippen molar-refractivity contribution in [3.8, 4) is 0 Å². The summed E-state index contributed by atoms with van der Waals surface area (Å²) < 4.78 is 44.7. The molecule has 1 fully saturated rings. The Kier molecular flexibility index (Phi) is 7.15. The molecule has 1 heterocycles. The first-order valence-corrected chi connectivity index (χ1v) is 9.17. The lowest BCUT2D eigenvalue weighted by atomic mass is 9.89. The molecule has 0 aromatic heterocycles. The van der Waals surface area contributed by atoms with Crippen LogP contribution < -0.4 is 5.32 Å². The molecule has 0 aliphatic carbocycles. The first-order chi connectivity index (χ1) is 13.1. The second-order valence-corrected chi connectivity index (χ2v) is 7.00. The lowest BCUT2D eigenvalue weighted by Crippen LogP contribution is -2.36. The first kappa shape index (κ1) is 21.8. The number of benzene rings is 1. The molecule has 1 aromatic rings. The normalized spacial score (nSPS) is 17.4. The third-order valence-corrected chi connectivity index (χ3v) is 5.11. The van der Waals surface area contributed by atoms with Crippen molar-refractivity contribution in [2.75, 3.05) is 25.5 Å². The number of carbonyl (C=O) groups is 2. The molecule has 1 aliphatic rings. The van der Waals surface area contributed by atoms with Gasteiger partial charge in [0.15, 0.2) is 0 Å². The summed E-state index contributed by atoms with van der Waals surface area (Å²) in [6.45, 7) is 2.65. The highest BCUT2D eigenvalue weighted by Crippen LogP contribution is 2.36. The Hall–Kier alpha value is -2.45. The van der Waals surface area contributed by atoms with Crippen molar-refractivity contribution in [2.45, 2.75) is 44.8 Å². The van der Waals surface area contributed by atoms with Gasteiger partial charge in [-0.25, -0.2) is 9.59 Å². The van der Waals surface area contributed by atoms with Crippen LogP contribution in [0.1, 0.15) is 48.5 Å². The zero-order valence-electron chi connectivity index (χ0n) is 15.9. The predicted octanol–water partition coefficient (Wildman–Crippen LogP) is 4.46. The SMILES string of the molecule is COC(=O)c1ccc(C(F)(F)F)c(N[C@@H](C)C2CCCN(C(=O)O)CCC2)c1. The van der Waals surface area contributed by atoms with Crippen LogP contribution >= 0.6 is 0 Å². The van der Waals surface area contributed by atoms with Crippen molar-refractivity contribution in [2.24, 2.45) is 5.92 Å². The summed E-state index contributed by atoms with van der Waals surface area (Å²) in [5.41, 5.74) is -0.952. The molecule has 0 unspecified atom stereocenters. The van der Waals surface area contributed by atoms with Gasteiger partial charge in [-0.3, -0.25) is 0 Å². The molecule has 1 saturated heterocycles. The minimum atomic E-state index is -4.56. The molecule has 6 nitrogen and oxygen atoms in total. The van der Waals surface area contributed by atoms with Gasteiger partial charge in [-0.1, -0.05) is 0 Å².